The number of nitrogens with one attached hydrogen (secondary N) is 3. The Morgan fingerprint density at radius 2 is 1.92 bits per heavy atom. The Morgan fingerprint density at radius 3 is 2.58 bits per heavy atom. The summed E-state index contributed by atoms with van der Waals surface area (Å²) in [5.41, 5.74) is 9.08. The smallest absolute Gasteiger partial charge is 0.0342 e. The molecule has 3 amide bonds. The van der Waals surface area contributed by atoms with E-state index in [-0.39, 0.29) is 11.9 Å². The Bertz CT molecular complexity index is 1210. The fraction of sp³-hybridized carbons (Fsp3) is 0.280. The number of carbonyl (C=O) groups excluding carboxylic acids is 2. The van der Waals surface area contributed by atoms with E-state index in [1.807, 2.05) is 17.0 Å². The van der Waals surface area contributed by atoms with Gasteiger partial charge in [-0.15, -0.1) is 0 Å². The molecule has 0 aliphatic carbocycles. The van der Waals surface area contributed by atoms with Gasteiger partial charge in [0.25, 0.3) is 0 Å². The number of nitrogen functional groups attached to an aromatic ring is 1. The van der Waals surface area contributed by atoms with Crippen LogP contribution in [-0.4, -0.2) is 76.0 Å². The molecule has 1 aliphatic rings. The third-order valence-corrected chi connectivity index (χ3v) is 6.50. The molecule has 5 N–H and O–H groups in total. The van der Waals surface area contributed by atoms with E-state index < -0.39 is 6.17 Å². The van der Waals surface area contributed by atoms with Crippen LogP contribution in [0.5, 0.6) is 0 Å². The molecule has 186 valence electrons. The predicted octanol–water partition coefficient (Wildman–Crippen LogP) is 1.61. The molecule has 0 spiro atoms. The molecule has 11 heteroatoms. The van der Waals surface area contributed by atoms with Gasteiger partial charge in [-0.2, -0.15) is 0 Å². The molecule has 1 fully saturated rings. The van der Waals surface area contributed by atoms with Crippen molar-refractivity contribution < 1.29 is 14.0 Å². The first kappa shape index (κ1) is 25.6. The monoisotopic (exact) mass is 551 g/mol. The number of hydrogen-bond acceptors (Lipinski definition) is 6. The maximum Gasteiger partial charge on any atom is 0.0342 e. The fourth-order valence-corrected chi connectivity index (χ4v) is 4.42. The molecule has 1 unspecified atom stereocenters. The number of benzene rings is 1. The summed E-state index contributed by atoms with van der Waals surface area (Å²) < 4.78 is 13.8. The quantitative estimate of drug-likeness (QED) is 0.316. The number of nitrogens with zero attached hydrogens (tertiary/aromatic N) is 3. The number of nitrogens with two attached hydrogens (primary N) is 1. The van der Waals surface area contributed by atoms with Gasteiger partial charge in [-0.05, 0) is 6.07 Å². The van der Waals surface area contributed by atoms with Crippen LogP contribution in [0.25, 0.3) is 11.3 Å². The molecular formula is C25H27AsFN7O2. The summed E-state index contributed by atoms with van der Waals surface area (Å²) in [5.74, 6) is 0.220. The van der Waals surface area contributed by atoms with Gasteiger partial charge in [0.05, 0.1) is 0 Å². The predicted molar refractivity (Wildman–Crippen MR) is 138 cm³/mol. The van der Waals surface area contributed by atoms with Crippen LogP contribution in [-0.2, 0) is 6.54 Å². The van der Waals surface area contributed by atoms with E-state index in [2.05, 4.69) is 42.8 Å². The molecule has 1 aromatic carbocycles. The molecule has 0 bridgehead atoms. The van der Waals surface area contributed by atoms with Gasteiger partial charge in [0.15, 0.2) is 0 Å². The molecule has 1 saturated heterocycles. The second-order valence-electron chi connectivity index (χ2n) is 8.49. The number of likely N-dealkylation sites (tertiary alicyclic amines) is 1. The SMILES string of the molecule is Nc1ccc(CNC(=O)Nc2ccc(-c3ccc(C(=O)NCCN4CCC(F)C4)c([As])n3)cc2)cn1. The van der Waals surface area contributed by atoms with Crippen molar-refractivity contribution in [2.24, 2.45) is 0 Å². The van der Waals surface area contributed by atoms with Crippen molar-refractivity contribution in [2.75, 3.05) is 37.2 Å². The van der Waals surface area contributed by atoms with Gasteiger partial charge in [-0.1, -0.05) is 6.07 Å². The largest absolute Gasteiger partial charge is 0.239 e. The molecule has 4 rings (SSSR count). The molecule has 2 aromatic heterocycles. The minimum atomic E-state index is -0.767. The van der Waals surface area contributed by atoms with Gasteiger partial charge in [0, 0.05) is 6.20 Å². The molecule has 3 heterocycles. The molecule has 3 aromatic rings. The van der Waals surface area contributed by atoms with Crippen molar-refractivity contribution >= 4 is 44.8 Å². The van der Waals surface area contributed by atoms with Crippen molar-refractivity contribution in [1.29, 1.82) is 0 Å². The Morgan fingerprint density at radius 1 is 1.11 bits per heavy atom. The van der Waals surface area contributed by atoms with E-state index in [1.165, 1.54) is 0 Å². The fourth-order valence-electron chi connectivity index (χ4n) is 3.82. The molecular weight excluding hydrogens is 524 g/mol. The van der Waals surface area contributed by atoms with Crippen LogP contribution in [0.3, 0.4) is 0 Å². The number of amides is 3. The number of pyridine rings is 2. The van der Waals surface area contributed by atoms with Crippen LogP contribution in [0, 0.1) is 0 Å². The number of aromatic nitrogens is 2. The van der Waals surface area contributed by atoms with Crippen molar-refractivity contribution in [3.8, 4) is 11.3 Å². The van der Waals surface area contributed by atoms with Crippen LogP contribution >= 0.6 is 0 Å². The van der Waals surface area contributed by atoms with Crippen LogP contribution in [0.2, 0.25) is 0 Å². The van der Waals surface area contributed by atoms with E-state index in [1.54, 1.807) is 42.6 Å². The number of alkyl halides is 1. The van der Waals surface area contributed by atoms with E-state index in [9.17, 15) is 14.0 Å². The van der Waals surface area contributed by atoms with Gasteiger partial charge < -0.3 is 5.73 Å². The van der Waals surface area contributed by atoms with Crippen LogP contribution in [0.4, 0.5) is 20.7 Å². The average Bonchev–Trinajstić information content (AvgIpc) is 3.29. The summed E-state index contributed by atoms with van der Waals surface area (Å²) in [7, 11) is 0. The molecule has 36 heavy (non-hydrogen) atoms. The zero-order valence-corrected chi connectivity index (χ0v) is 21.5. The summed E-state index contributed by atoms with van der Waals surface area (Å²) >= 11 is 2.33. The zero-order chi connectivity index (χ0) is 25.5. The van der Waals surface area contributed by atoms with E-state index in [0.717, 1.165) is 17.7 Å². The van der Waals surface area contributed by atoms with Crippen molar-refractivity contribution in [2.45, 2.75) is 19.1 Å². The Labute approximate surface area is 217 Å². The van der Waals surface area contributed by atoms with E-state index >= 15 is 0 Å². The van der Waals surface area contributed by atoms with Gasteiger partial charge >= 0.3 is 183 Å². The van der Waals surface area contributed by atoms with Gasteiger partial charge in [0.1, 0.15) is 5.82 Å². The third kappa shape index (κ3) is 7.02. The molecule has 1 atom stereocenters. The van der Waals surface area contributed by atoms with Gasteiger partial charge in [-0.3, -0.25) is 0 Å². The van der Waals surface area contributed by atoms with Crippen molar-refractivity contribution in [1.82, 2.24) is 25.5 Å². The van der Waals surface area contributed by atoms with E-state index in [0.29, 0.717) is 59.8 Å². The molecule has 2 radical (unpaired) electrons. The maximum atomic E-state index is 13.3. The van der Waals surface area contributed by atoms with Gasteiger partial charge in [-0.25, -0.2) is 4.98 Å². The van der Waals surface area contributed by atoms with Crippen molar-refractivity contribution in [3.05, 3.63) is 65.9 Å². The number of carbonyl (C=O) groups is 2. The van der Waals surface area contributed by atoms with Gasteiger partial charge in [0.2, 0.25) is 0 Å². The molecule has 0 saturated carbocycles. The summed E-state index contributed by atoms with van der Waals surface area (Å²) in [6, 6.07) is 13.9. The Balaban J connectivity index is 1.28. The Hall–Kier alpha value is -3.49. The first-order chi connectivity index (χ1) is 17.4. The maximum absolute atomic E-state index is 13.3. The topological polar surface area (TPSA) is 125 Å². The number of anilines is 2. The second kappa shape index (κ2) is 12.0. The van der Waals surface area contributed by atoms with Crippen LogP contribution in [0.1, 0.15) is 22.3 Å². The number of halogens is 1. The summed E-state index contributed by atoms with van der Waals surface area (Å²) in [5, 5.41) is 8.43. The number of urea groups is 1. The normalized spacial score (nSPS) is 15.4. The first-order valence-electron chi connectivity index (χ1n) is 11.6. The summed E-state index contributed by atoms with van der Waals surface area (Å²) in [4.78, 5) is 35.3. The first-order valence-corrected chi connectivity index (χ1v) is 12.5. The summed E-state index contributed by atoms with van der Waals surface area (Å²) in [6.07, 6.45) is 1.41. The molecule has 1 aliphatic heterocycles. The average molecular weight is 551 g/mol. The Kier molecular flexibility index (Phi) is 8.51. The second-order valence-corrected chi connectivity index (χ2v) is 9.38. The molecule has 9 nitrogen and oxygen atoms in total. The van der Waals surface area contributed by atoms with Crippen molar-refractivity contribution in [3.63, 3.8) is 0 Å². The minimum absolute atomic E-state index is 0.207. The number of rotatable bonds is 8. The van der Waals surface area contributed by atoms with E-state index in [4.69, 9.17) is 5.73 Å². The standard InChI is InChI=1S/C25H27AsFN7O2/c26-23-20(24(35)29-10-12-34-11-9-18(27)15-34)6-7-21(33-23)17-2-4-19(5-3-17)32-25(36)31-14-16-1-8-22(28)30-13-16/h1-8,13,18H,9-12,14-15H2,(H2,28,30)(H,29,35)(H2,31,32,36). The third-order valence-electron chi connectivity index (χ3n) is 5.79. The van der Waals surface area contributed by atoms with Crippen LogP contribution in [0.15, 0.2) is 54.7 Å². The minimum Gasteiger partial charge on any atom is -0.239 e. The summed E-state index contributed by atoms with van der Waals surface area (Å²) in [6.45, 7) is 2.57. The van der Waals surface area contributed by atoms with Crippen LogP contribution < -0.4 is 26.2 Å². The number of hydrogen-bond donors (Lipinski definition) is 4. The zero-order valence-electron chi connectivity index (χ0n) is 19.6.